The Bertz CT molecular complexity index is 735. The van der Waals surface area contributed by atoms with Crippen molar-refractivity contribution in [2.45, 2.75) is 57.4 Å². The van der Waals surface area contributed by atoms with Crippen LogP contribution in [0.15, 0.2) is 18.2 Å². The van der Waals surface area contributed by atoms with E-state index in [2.05, 4.69) is 11.8 Å². The SMILES string of the molecule is CC(CCN1CCC(N2CCCC(CC(=O)O)C2=O)CC1)c1ccc(Cl)c(Cl)c1. The largest absolute Gasteiger partial charge is 0.481 e. The van der Waals surface area contributed by atoms with Crippen LogP contribution >= 0.6 is 23.2 Å². The number of carbonyl (C=O) groups excluding carboxylic acids is 1. The lowest BCUT2D eigenvalue weighted by Gasteiger charge is -2.42. The van der Waals surface area contributed by atoms with Crippen molar-refractivity contribution in [1.82, 2.24) is 9.80 Å². The maximum Gasteiger partial charge on any atom is 0.304 e. The second-order valence-electron chi connectivity index (χ2n) is 8.40. The van der Waals surface area contributed by atoms with E-state index in [1.54, 1.807) is 0 Å². The fraction of sp³-hybridized carbons (Fsp3) is 0.636. The predicted molar refractivity (Wildman–Crippen MR) is 116 cm³/mol. The van der Waals surface area contributed by atoms with Crippen LogP contribution in [0.2, 0.25) is 10.0 Å². The molecule has 2 fully saturated rings. The van der Waals surface area contributed by atoms with Crippen LogP contribution in [0.4, 0.5) is 0 Å². The third-order valence-corrected chi connectivity index (χ3v) is 7.13. The van der Waals surface area contributed by atoms with Crippen molar-refractivity contribution in [3.8, 4) is 0 Å². The molecule has 3 rings (SSSR count). The topological polar surface area (TPSA) is 60.9 Å². The summed E-state index contributed by atoms with van der Waals surface area (Å²) >= 11 is 12.1. The van der Waals surface area contributed by atoms with E-state index >= 15 is 0 Å². The molecule has 2 aliphatic heterocycles. The number of benzene rings is 1. The van der Waals surface area contributed by atoms with E-state index in [0.717, 1.165) is 51.9 Å². The van der Waals surface area contributed by atoms with Crippen molar-refractivity contribution in [2.75, 3.05) is 26.2 Å². The molecule has 2 atom stereocenters. The Kier molecular flexibility index (Phi) is 7.83. The van der Waals surface area contributed by atoms with Crippen LogP contribution in [0, 0.1) is 5.92 Å². The molecule has 2 aliphatic rings. The van der Waals surface area contributed by atoms with Crippen molar-refractivity contribution >= 4 is 35.1 Å². The molecule has 2 heterocycles. The number of hydrogen-bond donors (Lipinski definition) is 1. The van der Waals surface area contributed by atoms with Gasteiger partial charge in [0.15, 0.2) is 0 Å². The van der Waals surface area contributed by atoms with E-state index in [-0.39, 0.29) is 24.3 Å². The normalized spacial score (nSPS) is 22.7. The molecule has 1 aromatic rings. The van der Waals surface area contributed by atoms with Crippen LogP contribution in [0.3, 0.4) is 0 Å². The van der Waals surface area contributed by atoms with Gasteiger partial charge in [-0.3, -0.25) is 9.59 Å². The molecule has 0 aromatic heterocycles. The number of likely N-dealkylation sites (tertiary alicyclic amines) is 2. The first-order chi connectivity index (χ1) is 13.8. The molecular weight excluding hydrogens is 411 g/mol. The number of rotatable bonds is 7. The van der Waals surface area contributed by atoms with Gasteiger partial charge in [-0.05, 0) is 62.3 Å². The number of carbonyl (C=O) groups is 2. The van der Waals surface area contributed by atoms with Gasteiger partial charge in [0.2, 0.25) is 5.91 Å². The molecular formula is C22H30Cl2N2O3. The summed E-state index contributed by atoms with van der Waals surface area (Å²) in [5, 5.41) is 10.2. The summed E-state index contributed by atoms with van der Waals surface area (Å²) in [4.78, 5) is 28.1. The zero-order valence-electron chi connectivity index (χ0n) is 16.9. The highest BCUT2D eigenvalue weighted by Crippen LogP contribution is 2.29. The van der Waals surface area contributed by atoms with Gasteiger partial charge in [-0.2, -0.15) is 0 Å². The Balaban J connectivity index is 1.46. The van der Waals surface area contributed by atoms with Crippen LogP contribution in [0.1, 0.15) is 56.9 Å². The first-order valence-corrected chi connectivity index (χ1v) is 11.3. The number of piperidine rings is 2. The molecule has 0 aliphatic carbocycles. The van der Waals surface area contributed by atoms with Gasteiger partial charge in [-0.25, -0.2) is 0 Å². The Morgan fingerprint density at radius 2 is 1.90 bits per heavy atom. The molecule has 1 aromatic carbocycles. The van der Waals surface area contributed by atoms with Gasteiger partial charge in [-0.15, -0.1) is 0 Å². The highest BCUT2D eigenvalue weighted by atomic mass is 35.5. The average Bonchev–Trinajstić information content (AvgIpc) is 2.70. The fourth-order valence-electron chi connectivity index (χ4n) is 4.56. The second-order valence-corrected chi connectivity index (χ2v) is 9.22. The highest BCUT2D eigenvalue weighted by Gasteiger charge is 2.35. The van der Waals surface area contributed by atoms with E-state index in [1.165, 1.54) is 5.56 Å². The molecule has 0 bridgehead atoms. The summed E-state index contributed by atoms with van der Waals surface area (Å²) in [7, 11) is 0. The number of hydrogen-bond acceptors (Lipinski definition) is 3. The number of carboxylic acids is 1. The monoisotopic (exact) mass is 440 g/mol. The minimum atomic E-state index is -0.879. The van der Waals surface area contributed by atoms with Crippen LogP contribution in [0.25, 0.3) is 0 Å². The number of amides is 1. The maximum absolute atomic E-state index is 12.7. The Hall–Kier alpha value is -1.30. The quantitative estimate of drug-likeness (QED) is 0.669. The third-order valence-electron chi connectivity index (χ3n) is 6.39. The summed E-state index contributed by atoms with van der Waals surface area (Å²) in [6.45, 7) is 5.96. The van der Waals surface area contributed by atoms with Crippen molar-refractivity contribution < 1.29 is 14.7 Å². The molecule has 2 unspecified atom stereocenters. The molecule has 2 saturated heterocycles. The minimum absolute atomic E-state index is 0.0409. The van der Waals surface area contributed by atoms with Gasteiger partial charge in [0.05, 0.1) is 16.5 Å². The summed E-state index contributed by atoms with van der Waals surface area (Å²) < 4.78 is 0. The van der Waals surface area contributed by atoms with E-state index in [9.17, 15) is 9.59 Å². The number of nitrogens with zero attached hydrogens (tertiary/aromatic N) is 2. The summed E-state index contributed by atoms with van der Waals surface area (Å²) in [5.74, 6) is -0.768. The molecule has 0 spiro atoms. The minimum Gasteiger partial charge on any atom is -0.481 e. The molecule has 7 heteroatoms. The van der Waals surface area contributed by atoms with Gasteiger partial charge >= 0.3 is 5.97 Å². The Labute approximate surface area is 183 Å². The lowest BCUT2D eigenvalue weighted by Crippen LogP contribution is -2.51. The van der Waals surface area contributed by atoms with Gasteiger partial charge in [-0.1, -0.05) is 36.2 Å². The lowest BCUT2D eigenvalue weighted by molar-refractivity contribution is -0.148. The van der Waals surface area contributed by atoms with E-state index in [0.29, 0.717) is 22.4 Å². The van der Waals surface area contributed by atoms with Crippen LogP contribution in [0.5, 0.6) is 0 Å². The third kappa shape index (κ3) is 5.87. The molecule has 5 nitrogen and oxygen atoms in total. The first kappa shape index (κ1) is 22.4. The standard InChI is InChI=1S/C22H30Cl2N2O3/c1-15(16-4-5-19(23)20(24)13-16)6-10-25-11-7-18(8-12-25)26-9-2-3-17(22(26)29)14-21(27)28/h4-5,13,15,17-18H,2-3,6-12,14H2,1H3,(H,27,28). The van der Waals surface area contributed by atoms with Crippen LogP contribution in [-0.4, -0.2) is 59.0 Å². The maximum atomic E-state index is 12.7. The number of aliphatic carboxylic acids is 1. The molecule has 1 amide bonds. The zero-order valence-corrected chi connectivity index (χ0v) is 18.5. The highest BCUT2D eigenvalue weighted by molar-refractivity contribution is 6.42. The van der Waals surface area contributed by atoms with Gasteiger partial charge in [0.25, 0.3) is 0 Å². The van der Waals surface area contributed by atoms with Gasteiger partial charge in [0.1, 0.15) is 0 Å². The smallest absolute Gasteiger partial charge is 0.304 e. The predicted octanol–water partition coefficient (Wildman–Crippen LogP) is 4.66. The van der Waals surface area contributed by atoms with Crippen LogP contribution < -0.4 is 0 Å². The molecule has 0 radical (unpaired) electrons. The van der Waals surface area contributed by atoms with Gasteiger partial charge < -0.3 is 14.9 Å². The summed E-state index contributed by atoms with van der Waals surface area (Å²) in [5.41, 5.74) is 1.21. The first-order valence-electron chi connectivity index (χ1n) is 10.5. The summed E-state index contributed by atoms with van der Waals surface area (Å²) in [6, 6.07) is 6.11. The summed E-state index contributed by atoms with van der Waals surface area (Å²) in [6.07, 6.45) is 4.55. The Morgan fingerprint density at radius 1 is 1.17 bits per heavy atom. The second kappa shape index (κ2) is 10.1. The van der Waals surface area contributed by atoms with Crippen molar-refractivity contribution in [3.05, 3.63) is 33.8 Å². The van der Waals surface area contributed by atoms with Crippen molar-refractivity contribution in [2.24, 2.45) is 5.92 Å². The molecule has 160 valence electrons. The van der Waals surface area contributed by atoms with Crippen molar-refractivity contribution in [3.63, 3.8) is 0 Å². The number of carboxylic acid groups (broad SMARTS) is 1. The molecule has 29 heavy (non-hydrogen) atoms. The number of halogens is 2. The lowest BCUT2D eigenvalue weighted by atomic mass is 9.90. The van der Waals surface area contributed by atoms with Gasteiger partial charge in [0, 0.05) is 31.6 Å². The zero-order chi connectivity index (χ0) is 21.0. The van der Waals surface area contributed by atoms with Crippen molar-refractivity contribution in [1.29, 1.82) is 0 Å². The van der Waals surface area contributed by atoms with Crippen LogP contribution in [-0.2, 0) is 9.59 Å². The van der Waals surface area contributed by atoms with E-state index in [1.807, 2.05) is 23.1 Å². The fourth-order valence-corrected chi connectivity index (χ4v) is 4.86. The Morgan fingerprint density at radius 3 is 2.55 bits per heavy atom. The van der Waals surface area contributed by atoms with E-state index in [4.69, 9.17) is 28.3 Å². The molecule has 1 N–H and O–H groups in total. The molecule has 0 saturated carbocycles. The average molecular weight is 441 g/mol. The van der Waals surface area contributed by atoms with E-state index < -0.39 is 5.97 Å².